The van der Waals surface area contributed by atoms with Crippen molar-refractivity contribution in [1.29, 1.82) is 0 Å². The van der Waals surface area contributed by atoms with Crippen LogP contribution in [-0.4, -0.2) is 25.5 Å². The summed E-state index contributed by atoms with van der Waals surface area (Å²) < 4.78 is 0. The van der Waals surface area contributed by atoms with Crippen molar-refractivity contribution in [2.75, 3.05) is 19.6 Å². The predicted octanol–water partition coefficient (Wildman–Crippen LogP) is 0.678. The Bertz CT molecular complexity index is 225. The van der Waals surface area contributed by atoms with Gasteiger partial charge in [0.25, 0.3) is 0 Å². The monoisotopic (exact) mass is 182 g/mol. The molecule has 0 unspecified atom stereocenters. The van der Waals surface area contributed by atoms with Crippen molar-refractivity contribution in [2.24, 2.45) is 5.92 Å². The fraction of sp³-hybridized carbons (Fsp3) is 0.700. The first-order valence-corrected chi connectivity index (χ1v) is 4.74. The molecule has 1 heterocycles. The van der Waals surface area contributed by atoms with E-state index in [-0.39, 0.29) is 5.91 Å². The summed E-state index contributed by atoms with van der Waals surface area (Å²) in [6.45, 7) is 8.65. The second-order valence-electron chi connectivity index (χ2n) is 3.86. The van der Waals surface area contributed by atoms with E-state index in [0.717, 1.165) is 30.8 Å². The van der Waals surface area contributed by atoms with E-state index in [1.807, 2.05) is 20.8 Å². The van der Waals surface area contributed by atoms with Gasteiger partial charge in [-0.25, -0.2) is 0 Å². The minimum absolute atomic E-state index is 0.0758. The summed E-state index contributed by atoms with van der Waals surface area (Å²) >= 11 is 0. The molecule has 1 aliphatic heterocycles. The molecule has 0 atom stereocenters. The van der Waals surface area contributed by atoms with E-state index in [9.17, 15) is 4.79 Å². The molecule has 74 valence electrons. The lowest BCUT2D eigenvalue weighted by Gasteiger charge is -2.27. The molecule has 0 aromatic rings. The normalized spacial score (nSPS) is 16.2. The number of nitrogens with one attached hydrogen (secondary N) is 2. The molecule has 0 aromatic carbocycles. The zero-order valence-electron chi connectivity index (χ0n) is 8.61. The Balaban J connectivity index is 2.28. The van der Waals surface area contributed by atoms with Crippen molar-refractivity contribution in [2.45, 2.75) is 20.8 Å². The number of amides is 1. The highest BCUT2D eigenvalue weighted by Crippen LogP contribution is 2.03. The van der Waals surface area contributed by atoms with E-state index in [1.54, 1.807) is 0 Å². The maximum atomic E-state index is 11.4. The zero-order chi connectivity index (χ0) is 9.84. The fourth-order valence-corrected chi connectivity index (χ4v) is 1.09. The molecule has 3 heteroatoms. The lowest BCUT2D eigenvalue weighted by Crippen LogP contribution is -2.48. The van der Waals surface area contributed by atoms with Crippen molar-refractivity contribution in [3.8, 4) is 0 Å². The van der Waals surface area contributed by atoms with Gasteiger partial charge in [0.15, 0.2) is 0 Å². The summed E-state index contributed by atoms with van der Waals surface area (Å²) in [6.07, 6.45) is 0. The lowest BCUT2D eigenvalue weighted by atomic mass is 10.0. The van der Waals surface area contributed by atoms with E-state index in [2.05, 4.69) is 10.6 Å². The van der Waals surface area contributed by atoms with Gasteiger partial charge in [-0.15, -0.1) is 0 Å². The zero-order valence-corrected chi connectivity index (χ0v) is 8.61. The summed E-state index contributed by atoms with van der Waals surface area (Å²) in [4.78, 5) is 11.4. The number of carbonyl (C=O) groups excluding carboxylic acids is 1. The van der Waals surface area contributed by atoms with Crippen LogP contribution in [0.2, 0.25) is 0 Å². The van der Waals surface area contributed by atoms with Crippen molar-refractivity contribution >= 4 is 5.91 Å². The van der Waals surface area contributed by atoms with Crippen molar-refractivity contribution < 1.29 is 4.79 Å². The van der Waals surface area contributed by atoms with E-state index in [4.69, 9.17) is 0 Å². The minimum Gasteiger partial charge on any atom is -0.352 e. The smallest absolute Gasteiger partial charge is 0.246 e. The molecule has 0 bridgehead atoms. The maximum Gasteiger partial charge on any atom is 0.246 e. The molecule has 0 aromatic heterocycles. The molecule has 0 spiro atoms. The van der Waals surface area contributed by atoms with Crippen LogP contribution in [0.3, 0.4) is 0 Å². The number of carbonyl (C=O) groups is 1. The van der Waals surface area contributed by atoms with Gasteiger partial charge in [-0.2, -0.15) is 0 Å². The molecule has 1 amide bonds. The molecule has 1 rings (SSSR count). The van der Waals surface area contributed by atoms with Crippen LogP contribution in [0.1, 0.15) is 20.8 Å². The summed E-state index contributed by atoms with van der Waals surface area (Å²) in [7, 11) is 0. The van der Waals surface area contributed by atoms with Crippen molar-refractivity contribution in [3.63, 3.8) is 0 Å². The van der Waals surface area contributed by atoms with Crippen LogP contribution in [0.4, 0.5) is 0 Å². The third-order valence-electron chi connectivity index (χ3n) is 2.51. The largest absolute Gasteiger partial charge is 0.352 e. The molecular formula is C10H18N2O. The Labute approximate surface area is 79.6 Å². The summed E-state index contributed by atoms with van der Waals surface area (Å²) in [5.74, 6) is 0.709. The fourth-order valence-electron chi connectivity index (χ4n) is 1.09. The van der Waals surface area contributed by atoms with E-state index < -0.39 is 0 Å². The Morgan fingerprint density at radius 1 is 1.38 bits per heavy atom. The standard InChI is InChI=1S/C10H18N2O/c1-7(2)8(3)10(13)12-6-9-4-11-5-9/h9,11H,4-6H2,1-3H3,(H,12,13). The molecule has 1 saturated heterocycles. The predicted molar refractivity (Wildman–Crippen MR) is 53.4 cm³/mol. The molecule has 0 saturated carbocycles. The van der Waals surface area contributed by atoms with Crippen LogP contribution >= 0.6 is 0 Å². The number of allylic oxidation sites excluding steroid dienone is 1. The third-order valence-corrected chi connectivity index (χ3v) is 2.51. The molecule has 0 aliphatic carbocycles. The van der Waals surface area contributed by atoms with E-state index in [0.29, 0.717) is 5.92 Å². The first kappa shape index (κ1) is 10.3. The highest BCUT2D eigenvalue weighted by molar-refractivity contribution is 5.93. The molecule has 1 fully saturated rings. The third kappa shape index (κ3) is 2.84. The Morgan fingerprint density at radius 3 is 2.38 bits per heavy atom. The quantitative estimate of drug-likeness (QED) is 0.630. The van der Waals surface area contributed by atoms with Gasteiger partial charge < -0.3 is 10.6 Å². The van der Waals surface area contributed by atoms with Gasteiger partial charge in [0, 0.05) is 31.1 Å². The van der Waals surface area contributed by atoms with Gasteiger partial charge in [0.1, 0.15) is 0 Å². The average Bonchev–Trinajstić information content (AvgIpc) is 1.99. The Hall–Kier alpha value is -0.830. The van der Waals surface area contributed by atoms with Crippen LogP contribution in [0.15, 0.2) is 11.1 Å². The van der Waals surface area contributed by atoms with Crippen molar-refractivity contribution in [1.82, 2.24) is 10.6 Å². The summed E-state index contributed by atoms with van der Waals surface area (Å²) in [5, 5.41) is 6.10. The van der Waals surface area contributed by atoms with Gasteiger partial charge in [-0.3, -0.25) is 4.79 Å². The SMILES string of the molecule is CC(C)=C(C)C(=O)NCC1CNC1. The van der Waals surface area contributed by atoms with E-state index in [1.165, 1.54) is 0 Å². The van der Waals surface area contributed by atoms with Gasteiger partial charge in [0.05, 0.1) is 0 Å². The second kappa shape index (κ2) is 4.42. The van der Waals surface area contributed by atoms with Gasteiger partial charge >= 0.3 is 0 Å². The van der Waals surface area contributed by atoms with Crippen LogP contribution in [0, 0.1) is 5.92 Å². The highest BCUT2D eigenvalue weighted by atomic mass is 16.1. The summed E-state index contributed by atoms with van der Waals surface area (Å²) in [5.41, 5.74) is 1.93. The number of hydrogen-bond acceptors (Lipinski definition) is 2. The first-order valence-electron chi connectivity index (χ1n) is 4.74. The maximum absolute atomic E-state index is 11.4. The van der Waals surface area contributed by atoms with Crippen LogP contribution < -0.4 is 10.6 Å². The molecule has 13 heavy (non-hydrogen) atoms. The molecule has 0 radical (unpaired) electrons. The van der Waals surface area contributed by atoms with Gasteiger partial charge in [-0.1, -0.05) is 5.57 Å². The van der Waals surface area contributed by atoms with Gasteiger partial charge in [0.2, 0.25) is 5.91 Å². The summed E-state index contributed by atoms with van der Waals surface area (Å²) in [6, 6.07) is 0. The van der Waals surface area contributed by atoms with Crippen LogP contribution in [0.25, 0.3) is 0 Å². The topological polar surface area (TPSA) is 41.1 Å². The average molecular weight is 182 g/mol. The Kier molecular flexibility index (Phi) is 3.48. The van der Waals surface area contributed by atoms with E-state index >= 15 is 0 Å². The second-order valence-corrected chi connectivity index (χ2v) is 3.86. The lowest BCUT2D eigenvalue weighted by molar-refractivity contribution is -0.117. The molecule has 1 aliphatic rings. The molecular weight excluding hydrogens is 164 g/mol. The molecule has 3 nitrogen and oxygen atoms in total. The number of hydrogen-bond donors (Lipinski definition) is 2. The van der Waals surface area contributed by atoms with Crippen molar-refractivity contribution in [3.05, 3.63) is 11.1 Å². The highest BCUT2D eigenvalue weighted by Gasteiger charge is 2.17. The van der Waals surface area contributed by atoms with Crippen LogP contribution in [0.5, 0.6) is 0 Å². The van der Waals surface area contributed by atoms with Crippen LogP contribution in [-0.2, 0) is 4.79 Å². The number of rotatable bonds is 3. The Morgan fingerprint density at radius 2 is 2.00 bits per heavy atom. The van der Waals surface area contributed by atoms with Gasteiger partial charge in [-0.05, 0) is 20.8 Å². The first-order chi connectivity index (χ1) is 6.11. The molecule has 2 N–H and O–H groups in total. The minimum atomic E-state index is 0.0758.